The van der Waals surface area contributed by atoms with Crippen LogP contribution in [0.1, 0.15) is 40.1 Å². The van der Waals surface area contributed by atoms with Gasteiger partial charge in [0.2, 0.25) is 0 Å². The van der Waals surface area contributed by atoms with Gasteiger partial charge >= 0.3 is 5.97 Å². The van der Waals surface area contributed by atoms with Crippen molar-refractivity contribution < 1.29 is 19.1 Å². The molecule has 5 nitrogen and oxygen atoms in total. The van der Waals surface area contributed by atoms with E-state index in [4.69, 9.17) is 4.74 Å². The van der Waals surface area contributed by atoms with Crippen molar-refractivity contribution in [3.05, 3.63) is 83.4 Å². The van der Waals surface area contributed by atoms with E-state index in [-0.39, 0.29) is 25.0 Å². The SMILES string of the molecule is CCOC(=O)[C@](C)(CN1C(=O)c2ccccc2C1=O)c1ccc2ccccc2c1. The Bertz CT molecular complexity index is 1100. The quantitative estimate of drug-likeness (QED) is 0.491. The third-order valence-electron chi connectivity index (χ3n) is 5.47. The van der Waals surface area contributed by atoms with Crippen LogP contribution < -0.4 is 0 Å². The van der Waals surface area contributed by atoms with Gasteiger partial charge in [-0.05, 0) is 48.4 Å². The van der Waals surface area contributed by atoms with E-state index in [1.807, 2.05) is 42.5 Å². The highest BCUT2D eigenvalue weighted by atomic mass is 16.5. The lowest BCUT2D eigenvalue weighted by molar-refractivity contribution is -0.149. The number of amides is 2. The molecule has 0 unspecified atom stereocenters. The molecule has 2 amide bonds. The molecule has 29 heavy (non-hydrogen) atoms. The fourth-order valence-electron chi connectivity index (χ4n) is 3.80. The number of carbonyl (C=O) groups is 3. The van der Waals surface area contributed by atoms with Crippen LogP contribution >= 0.6 is 0 Å². The van der Waals surface area contributed by atoms with E-state index in [0.29, 0.717) is 16.7 Å². The van der Waals surface area contributed by atoms with E-state index in [0.717, 1.165) is 15.7 Å². The summed E-state index contributed by atoms with van der Waals surface area (Å²) in [6, 6.07) is 20.3. The van der Waals surface area contributed by atoms with Gasteiger partial charge in [-0.3, -0.25) is 19.3 Å². The maximum absolute atomic E-state index is 13.0. The van der Waals surface area contributed by atoms with Gasteiger partial charge in [-0.25, -0.2) is 0 Å². The minimum Gasteiger partial charge on any atom is -0.465 e. The van der Waals surface area contributed by atoms with Crippen LogP contribution in [0.5, 0.6) is 0 Å². The number of hydrogen-bond acceptors (Lipinski definition) is 4. The first-order chi connectivity index (χ1) is 14.0. The van der Waals surface area contributed by atoms with Crippen LogP contribution in [0.25, 0.3) is 10.8 Å². The first-order valence-electron chi connectivity index (χ1n) is 9.57. The van der Waals surface area contributed by atoms with Crippen molar-refractivity contribution in [2.24, 2.45) is 0 Å². The highest BCUT2D eigenvalue weighted by Crippen LogP contribution is 2.33. The van der Waals surface area contributed by atoms with Crippen LogP contribution in [0, 0.1) is 0 Å². The lowest BCUT2D eigenvalue weighted by Crippen LogP contribution is -2.47. The van der Waals surface area contributed by atoms with Gasteiger partial charge in [0, 0.05) is 6.54 Å². The summed E-state index contributed by atoms with van der Waals surface area (Å²) in [5.41, 5.74) is 0.239. The summed E-state index contributed by atoms with van der Waals surface area (Å²) in [4.78, 5) is 39.9. The van der Waals surface area contributed by atoms with Crippen molar-refractivity contribution in [2.75, 3.05) is 13.2 Å². The van der Waals surface area contributed by atoms with Gasteiger partial charge in [0.1, 0.15) is 5.41 Å². The molecule has 1 atom stereocenters. The van der Waals surface area contributed by atoms with Gasteiger partial charge in [0.15, 0.2) is 0 Å². The van der Waals surface area contributed by atoms with E-state index < -0.39 is 11.4 Å². The molecule has 3 aromatic carbocycles. The first-order valence-corrected chi connectivity index (χ1v) is 9.57. The van der Waals surface area contributed by atoms with Crippen molar-refractivity contribution in [1.82, 2.24) is 4.90 Å². The molecular formula is C24H21NO4. The standard InChI is InChI=1S/C24H21NO4/c1-3-29-23(28)24(2,18-13-12-16-8-4-5-9-17(16)14-18)15-25-21(26)19-10-6-7-11-20(19)22(25)27/h4-14H,3,15H2,1-2H3/t24-/m1/s1. The van der Waals surface area contributed by atoms with Crippen LogP contribution in [0.15, 0.2) is 66.7 Å². The molecule has 1 aliphatic heterocycles. The lowest BCUT2D eigenvalue weighted by Gasteiger charge is -2.31. The topological polar surface area (TPSA) is 63.7 Å². The lowest BCUT2D eigenvalue weighted by atomic mass is 9.81. The summed E-state index contributed by atoms with van der Waals surface area (Å²) in [7, 11) is 0. The summed E-state index contributed by atoms with van der Waals surface area (Å²) >= 11 is 0. The average Bonchev–Trinajstić information content (AvgIpc) is 2.98. The van der Waals surface area contributed by atoms with Crippen molar-refractivity contribution >= 4 is 28.6 Å². The normalized spacial score (nSPS) is 15.3. The van der Waals surface area contributed by atoms with Gasteiger partial charge in [-0.15, -0.1) is 0 Å². The van der Waals surface area contributed by atoms with Gasteiger partial charge in [-0.2, -0.15) is 0 Å². The first kappa shape index (κ1) is 18.9. The average molecular weight is 387 g/mol. The van der Waals surface area contributed by atoms with Gasteiger partial charge in [-0.1, -0.05) is 48.5 Å². The minimum atomic E-state index is -1.19. The largest absolute Gasteiger partial charge is 0.465 e. The van der Waals surface area contributed by atoms with E-state index in [9.17, 15) is 14.4 Å². The van der Waals surface area contributed by atoms with E-state index >= 15 is 0 Å². The second kappa shape index (κ2) is 7.17. The van der Waals surface area contributed by atoms with Crippen LogP contribution in [0.4, 0.5) is 0 Å². The maximum atomic E-state index is 13.0. The second-order valence-corrected chi connectivity index (χ2v) is 7.36. The predicted molar refractivity (Wildman–Crippen MR) is 110 cm³/mol. The van der Waals surface area contributed by atoms with Crippen LogP contribution in [0.2, 0.25) is 0 Å². The molecule has 0 saturated carbocycles. The Balaban J connectivity index is 1.77. The summed E-state index contributed by atoms with van der Waals surface area (Å²) in [5, 5.41) is 2.02. The van der Waals surface area contributed by atoms with E-state index in [1.54, 1.807) is 38.1 Å². The summed E-state index contributed by atoms with van der Waals surface area (Å²) in [5.74, 6) is -1.24. The molecule has 0 spiro atoms. The summed E-state index contributed by atoms with van der Waals surface area (Å²) in [6.45, 7) is 3.58. The van der Waals surface area contributed by atoms with Gasteiger partial charge in [0.25, 0.3) is 11.8 Å². The number of fused-ring (bicyclic) bond motifs is 2. The maximum Gasteiger partial charge on any atom is 0.318 e. The minimum absolute atomic E-state index is 0.0868. The molecular weight excluding hydrogens is 366 g/mol. The number of benzene rings is 3. The Morgan fingerprint density at radius 2 is 1.48 bits per heavy atom. The Labute approximate surface area is 168 Å². The zero-order valence-electron chi connectivity index (χ0n) is 16.3. The fourth-order valence-corrected chi connectivity index (χ4v) is 3.80. The second-order valence-electron chi connectivity index (χ2n) is 7.36. The van der Waals surface area contributed by atoms with Crippen molar-refractivity contribution in [1.29, 1.82) is 0 Å². The highest BCUT2D eigenvalue weighted by Gasteiger charge is 2.45. The molecule has 0 aromatic heterocycles. The number of rotatable bonds is 5. The highest BCUT2D eigenvalue weighted by molar-refractivity contribution is 6.21. The van der Waals surface area contributed by atoms with E-state index in [2.05, 4.69) is 0 Å². The Hall–Kier alpha value is -3.47. The number of hydrogen-bond donors (Lipinski definition) is 0. The number of nitrogens with zero attached hydrogens (tertiary/aromatic N) is 1. The molecule has 0 N–H and O–H groups in total. The third-order valence-corrected chi connectivity index (χ3v) is 5.47. The van der Waals surface area contributed by atoms with Crippen LogP contribution in [-0.4, -0.2) is 35.8 Å². The zero-order chi connectivity index (χ0) is 20.6. The van der Waals surface area contributed by atoms with E-state index in [1.165, 1.54) is 0 Å². The molecule has 0 saturated heterocycles. The molecule has 0 fully saturated rings. The summed E-state index contributed by atoms with van der Waals surface area (Å²) < 4.78 is 5.34. The molecule has 3 aromatic rings. The van der Waals surface area contributed by atoms with Crippen LogP contribution in [-0.2, 0) is 14.9 Å². The fraction of sp³-hybridized carbons (Fsp3) is 0.208. The Kier molecular flexibility index (Phi) is 4.66. The van der Waals surface area contributed by atoms with Gasteiger partial charge in [0.05, 0.1) is 17.7 Å². The van der Waals surface area contributed by atoms with Gasteiger partial charge < -0.3 is 4.74 Å². The zero-order valence-corrected chi connectivity index (χ0v) is 16.3. The van der Waals surface area contributed by atoms with Crippen molar-refractivity contribution in [3.8, 4) is 0 Å². The Morgan fingerprint density at radius 3 is 2.10 bits per heavy atom. The van der Waals surface area contributed by atoms with Crippen LogP contribution in [0.3, 0.4) is 0 Å². The predicted octanol–water partition coefficient (Wildman–Crippen LogP) is 3.96. The molecule has 4 rings (SSSR count). The van der Waals surface area contributed by atoms with Crippen molar-refractivity contribution in [2.45, 2.75) is 19.3 Å². The van der Waals surface area contributed by atoms with Crippen molar-refractivity contribution in [3.63, 3.8) is 0 Å². The molecule has 0 bridgehead atoms. The molecule has 5 heteroatoms. The number of esters is 1. The Morgan fingerprint density at radius 1 is 0.897 bits per heavy atom. The third kappa shape index (κ3) is 3.09. The molecule has 146 valence electrons. The number of imide groups is 1. The smallest absolute Gasteiger partial charge is 0.318 e. The molecule has 1 aliphatic rings. The summed E-state index contributed by atoms with van der Waals surface area (Å²) in [6.07, 6.45) is 0. The monoisotopic (exact) mass is 387 g/mol. The number of ether oxygens (including phenoxy) is 1. The molecule has 0 radical (unpaired) electrons. The number of carbonyl (C=O) groups excluding carboxylic acids is 3. The molecule has 0 aliphatic carbocycles. The molecule has 1 heterocycles.